The average Bonchev–Trinajstić information content (AvgIpc) is 3.24. The molecule has 1 amide bonds. The molecule has 1 saturated heterocycles. The Labute approximate surface area is 174 Å². The first kappa shape index (κ1) is 20.8. The van der Waals surface area contributed by atoms with Crippen molar-refractivity contribution in [3.63, 3.8) is 0 Å². The first-order valence-corrected chi connectivity index (χ1v) is 10.1. The van der Waals surface area contributed by atoms with E-state index in [2.05, 4.69) is 15.6 Å². The van der Waals surface area contributed by atoms with Crippen LogP contribution in [-0.2, 0) is 20.7 Å². The number of hydrogen-bond acceptors (Lipinski definition) is 6. The van der Waals surface area contributed by atoms with Gasteiger partial charge in [0.25, 0.3) is 0 Å². The number of esters is 1. The summed E-state index contributed by atoms with van der Waals surface area (Å²) in [5, 5.41) is 6.90. The van der Waals surface area contributed by atoms with Gasteiger partial charge in [-0.05, 0) is 37.8 Å². The van der Waals surface area contributed by atoms with Crippen LogP contribution in [-0.4, -0.2) is 37.1 Å². The highest BCUT2D eigenvalue weighted by Gasteiger charge is 2.57. The fourth-order valence-corrected chi connectivity index (χ4v) is 4.91. The summed E-state index contributed by atoms with van der Waals surface area (Å²) in [5.74, 6) is -0.188. The van der Waals surface area contributed by atoms with Crippen molar-refractivity contribution >= 4 is 40.8 Å². The third kappa shape index (κ3) is 4.21. The summed E-state index contributed by atoms with van der Waals surface area (Å²) in [6.45, 7) is 1.98. The fraction of sp³-hybridized carbons (Fsp3) is 0.450. The number of carbonyl (C=O) groups is 2. The molecule has 2 N–H and O–H groups in total. The van der Waals surface area contributed by atoms with E-state index in [4.69, 9.17) is 4.74 Å². The lowest BCUT2D eigenvalue weighted by Gasteiger charge is -2.22. The van der Waals surface area contributed by atoms with E-state index in [9.17, 15) is 9.59 Å². The maximum atomic E-state index is 12.7. The summed E-state index contributed by atoms with van der Waals surface area (Å²) in [4.78, 5) is 29.9. The molecule has 2 heterocycles. The minimum absolute atomic E-state index is 0. The van der Waals surface area contributed by atoms with Crippen molar-refractivity contribution in [1.82, 2.24) is 10.3 Å². The topological polar surface area (TPSA) is 80.3 Å². The van der Waals surface area contributed by atoms with Crippen LogP contribution < -0.4 is 10.6 Å². The molecule has 1 aliphatic heterocycles. The van der Waals surface area contributed by atoms with Crippen LogP contribution in [0.1, 0.15) is 24.1 Å². The van der Waals surface area contributed by atoms with Crippen LogP contribution in [0.2, 0.25) is 0 Å². The molecule has 8 heteroatoms. The van der Waals surface area contributed by atoms with E-state index in [1.165, 1.54) is 18.4 Å². The summed E-state index contributed by atoms with van der Waals surface area (Å²) < 4.78 is 4.81. The van der Waals surface area contributed by atoms with E-state index in [0.717, 1.165) is 48.5 Å². The van der Waals surface area contributed by atoms with Crippen LogP contribution in [0.25, 0.3) is 11.3 Å². The number of nitrogens with one attached hydrogen (secondary N) is 2. The molecule has 28 heavy (non-hydrogen) atoms. The van der Waals surface area contributed by atoms with Crippen LogP contribution >= 0.6 is 23.7 Å². The number of methoxy groups -OCH3 is 1. The Balaban J connectivity index is 0.00000225. The maximum absolute atomic E-state index is 12.7. The van der Waals surface area contributed by atoms with Crippen molar-refractivity contribution in [2.75, 3.05) is 25.5 Å². The summed E-state index contributed by atoms with van der Waals surface area (Å²) in [6, 6.07) is 9.70. The molecule has 1 aliphatic carbocycles. The molecule has 1 unspecified atom stereocenters. The molecule has 1 atom stereocenters. The number of halogens is 1. The summed E-state index contributed by atoms with van der Waals surface area (Å²) in [5.41, 5.74) is 1.84. The van der Waals surface area contributed by atoms with Gasteiger partial charge >= 0.3 is 5.97 Å². The van der Waals surface area contributed by atoms with Crippen molar-refractivity contribution < 1.29 is 14.3 Å². The Morgan fingerprint density at radius 2 is 2.00 bits per heavy atom. The second-order valence-corrected chi connectivity index (χ2v) is 8.35. The Morgan fingerprint density at radius 3 is 2.68 bits per heavy atom. The molecule has 4 rings (SSSR count). The number of rotatable bonds is 5. The summed E-state index contributed by atoms with van der Waals surface area (Å²) in [6.07, 6.45) is 3.23. The van der Waals surface area contributed by atoms with Gasteiger partial charge in [-0.3, -0.25) is 9.59 Å². The molecule has 0 bridgehead atoms. The molecule has 1 aromatic carbocycles. The molecule has 1 spiro atoms. The van der Waals surface area contributed by atoms with E-state index in [1.54, 1.807) is 0 Å². The van der Waals surface area contributed by atoms with E-state index in [-0.39, 0.29) is 42.0 Å². The van der Waals surface area contributed by atoms with Gasteiger partial charge in [-0.25, -0.2) is 4.98 Å². The van der Waals surface area contributed by atoms with Gasteiger partial charge in [-0.1, -0.05) is 30.3 Å². The Hall–Kier alpha value is -1.96. The molecule has 6 nitrogen and oxygen atoms in total. The number of piperidine rings is 1. The lowest BCUT2D eigenvalue weighted by atomic mass is 9.92. The maximum Gasteiger partial charge on any atom is 0.310 e. The van der Waals surface area contributed by atoms with E-state index >= 15 is 0 Å². The Kier molecular flexibility index (Phi) is 6.37. The highest BCUT2D eigenvalue weighted by atomic mass is 35.5. The zero-order chi connectivity index (χ0) is 18.9. The standard InChI is InChI=1S/C20H23N3O3S.ClH/c1-26-16(24)11-15-17(13-5-3-2-4-6-13)22-19(27-15)23-18(25)14-12-20(14)7-9-21-10-8-20;/h2-6,14,21H,7-12H2,1H3,(H,22,23,25);1H. The smallest absolute Gasteiger partial charge is 0.310 e. The van der Waals surface area contributed by atoms with Gasteiger partial charge in [0.05, 0.1) is 19.2 Å². The highest BCUT2D eigenvalue weighted by molar-refractivity contribution is 7.16. The number of benzene rings is 1. The second kappa shape index (κ2) is 8.59. The molecule has 2 aromatic rings. The lowest BCUT2D eigenvalue weighted by molar-refractivity contribution is -0.139. The molecule has 0 radical (unpaired) electrons. The number of amides is 1. The van der Waals surface area contributed by atoms with E-state index < -0.39 is 0 Å². The molecule has 150 valence electrons. The number of hydrogen-bond donors (Lipinski definition) is 2. The highest BCUT2D eigenvalue weighted by Crippen LogP contribution is 2.58. The van der Waals surface area contributed by atoms with Crippen molar-refractivity contribution in [3.05, 3.63) is 35.2 Å². The number of thiazole rings is 1. The Bertz CT molecular complexity index is 850. The first-order valence-electron chi connectivity index (χ1n) is 9.25. The van der Waals surface area contributed by atoms with E-state index in [1.807, 2.05) is 30.3 Å². The zero-order valence-corrected chi connectivity index (χ0v) is 17.3. The van der Waals surface area contributed by atoms with Crippen molar-refractivity contribution in [1.29, 1.82) is 0 Å². The number of anilines is 1. The molecular weight excluding hydrogens is 398 g/mol. The third-order valence-electron chi connectivity index (χ3n) is 5.61. The SMILES string of the molecule is COC(=O)Cc1sc(NC(=O)C2CC23CCNCC3)nc1-c1ccccc1.Cl. The average molecular weight is 422 g/mol. The van der Waals surface area contributed by atoms with Gasteiger partial charge < -0.3 is 15.4 Å². The zero-order valence-electron chi connectivity index (χ0n) is 15.7. The first-order chi connectivity index (χ1) is 13.1. The van der Waals surface area contributed by atoms with Gasteiger partial charge in [0, 0.05) is 16.4 Å². The summed E-state index contributed by atoms with van der Waals surface area (Å²) >= 11 is 1.35. The largest absolute Gasteiger partial charge is 0.469 e. The fourth-order valence-electron chi connectivity index (χ4n) is 3.94. The molecule has 2 fully saturated rings. The van der Waals surface area contributed by atoms with E-state index in [0.29, 0.717) is 5.13 Å². The van der Waals surface area contributed by atoms with Gasteiger partial charge in [0.15, 0.2) is 5.13 Å². The lowest BCUT2D eigenvalue weighted by Crippen LogP contribution is -2.31. The quantitative estimate of drug-likeness (QED) is 0.724. The van der Waals surface area contributed by atoms with Gasteiger partial charge in [-0.15, -0.1) is 23.7 Å². The Morgan fingerprint density at radius 1 is 1.29 bits per heavy atom. The van der Waals surface area contributed by atoms with Crippen LogP contribution in [0.4, 0.5) is 5.13 Å². The van der Waals surface area contributed by atoms with Gasteiger partial charge in [-0.2, -0.15) is 0 Å². The van der Waals surface area contributed by atoms with Crippen molar-refractivity contribution in [3.8, 4) is 11.3 Å². The molecule has 1 aromatic heterocycles. The molecular formula is C20H24ClN3O3S. The van der Waals surface area contributed by atoms with Crippen LogP contribution in [0.5, 0.6) is 0 Å². The minimum Gasteiger partial charge on any atom is -0.469 e. The van der Waals surface area contributed by atoms with Gasteiger partial charge in [0.1, 0.15) is 0 Å². The number of nitrogens with zero attached hydrogens (tertiary/aromatic N) is 1. The van der Waals surface area contributed by atoms with Gasteiger partial charge in [0.2, 0.25) is 5.91 Å². The van der Waals surface area contributed by atoms with Crippen molar-refractivity contribution in [2.45, 2.75) is 25.7 Å². The normalized spacial score (nSPS) is 19.5. The number of ether oxygens (including phenoxy) is 1. The van der Waals surface area contributed by atoms with Crippen molar-refractivity contribution in [2.24, 2.45) is 11.3 Å². The predicted molar refractivity (Wildman–Crippen MR) is 112 cm³/mol. The van der Waals surface area contributed by atoms with Crippen LogP contribution in [0.15, 0.2) is 30.3 Å². The summed E-state index contributed by atoms with van der Waals surface area (Å²) in [7, 11) is 1.37. The monoisotopic (exact) mass is 421 g/mol. The minimum atomic E-state index is -0.315. The van der Waals surface area contributed by atoms with Crippen LogP contribution in [0, 0.1) is 11.3 Å². The van der Waals surface area contributed by atoms with Crippen LogP contribution in [0.3, 0.4) is 0 Å². The number of aromatic nitrogens is 1. The predicted octanol–water partition coefficient (Wildman–Crippen LogP) is 3.28. The third-order valence-corrected chi connectivity index (χ3v) is 6.58. The second-order valence-electron chi connectivity index (χ2n) is 7.27. The molecule has 2 aliphatic rings. The number of carbonyl (C=O) groups excluding carboxylic acids is 2. The molecule has 1 saturated carbocycles.